The Morgan fingerprint density at radius 3 is 2.64 bits per heavy atom. The molecule has 3 nitrogen and oxygen atoms in total. The number of hydrogen-bond acceptors (Lipinski definition) is 2. The van der Waals surface area contributed by atoms with E-state index in [0.717, 1.165) is 33.5 Å². The van der Waals surface area contributed by atoms with Crippen molar-refractivity contribution in [3.63, 3.8) is 0 Å². The Hall–Kier alpha value is -2.07. The van der Waals surface area contributed by atoms with Crippen molar-refractivity contribution in [1.29, 1.82) is 0 Å². The second kappa shape index (κ2) is 6.79. The number of aryl methyl sites for hydroxylation is 1. The highest BCUT2D eigenvalue weighted by atomic mass is 79.9. The van der Waals surface area contributed by atoms with Crippen LogP contribution in [0.1, 0.15) is 12.5 Å². The quantitative estimate of drug-likeness (QED) is 0.649. The Balaban J connectivity index is 1.80. The standard InChI is InChI=1S/C18H17BrN2O/c1-2-21-12-16(11-20-21)15-8-17(19)10-18(9-15)22-13-14-6-4-3-5-7-14/h3-12H,2,13H2,1H3. The molecule has 0 atom stereocenters. The molecule has 0 aliphatic heterocycles. The summed E-state index contributed by atoms with van der Waals surface area (Å²) in [5, 5.41) is 4.32. The monoisotopic (exact) mass is 356 g/mol. The third-order valence-electron chi connectivity index (χ3n) is 3.41. The van der Waals surface area contributed by atoms with E-state index in [4.69, 9.17) is 4.74 Å². The first-order valence-electron chi connectivity index (χ1n) is 7.25. The van der Waals surface area contributed by atoms with Crippen LogP contribution >= 0.6 is 15.9 Å². The van der Waals surface area contributed by atoms with Gasteiger partial charge in [0.05, 0.1) is 6.20 Å². The fourth-order valence-electron chi connectivity index (χ4n) is 2.24. The van der Waals surface area contributed by atoms with Gasteiger partial charge in [0.2, 0.25) is 0 Å². The number of rotatable bonds is 5. The highest BCUT2D eigenvalue weighted by molar-refractivity contribution is 9.10. The normalized spacial score (nSPS) is 10.6. The molecule has 22 heavy (non-hydrogen) atoms. The zero-order valence-electron chi connectivity index (χ0n) is 12.4. The second-order valence-corrected chi connectivity index (χ2v) is 5.95. The average molecular weight is 357 g/mol. The van der Waals surface area contributed by atoms with Crippen LogP contribution in [0.15, 0.2) is 65.4 Å². The Kier molecular flexibility index (Phi) is 4.59. The Morgan fingerprint density at radius 2 is 1.91 bits per heavy atom. The predicted molar refractivity (Wildman–Crippen MR) is 91.8 cm³/mol. The van der Waals surface area contributed by atoms with Gasteiger partial charge in [0.1, 0.15) is 12.4 Å². The molecule has 3 aromatic rings. The van der Waals surface area contributed by atoms with Gasteiger partial charge in [-0.3, -0.25) is 4.68 Å². The van der Waals surface area contributed by atoms with Crippen LogP contribution in [0.2, 0.25) is 0 Å². The van der Waals surface area contributed by atoms with Crippen molar-refractivity contribution in [1.82, 2.24) is 9.78 Å². The molecule has 0 spiro atoms. The van der Waals surface area contributed by atoms with Gasteiger partial charge in [0, 0.05) is 22.8 Å². The molecule has 2 aromatic carbocycles. The molecule has 0 saturated heterocycles. The first kappa shape index (κ1) is 14.9. The largest absolute Gasteiger partial charge is 0.489 e. The van der Waals surface area contributed by atoms with Crippen LogP contribution in [-0.4, -0.2) is 9.78 Å². The summed E-state index contributed by atoms with van der Waals surface area (Å²) >= 11 is 3.55. The molecule has 0 fully saturated rings. The minimum Gasteiger partial charge on any atom is -0.489 e. The Labute approximate surface area is 138 Å². The van der Waals surface area contributed by atoms with E-state index in [9.17, 15) is 0 Å². The van der Waals surface area contributed by atoms with E-state index >= 15 is 0 Å². The van der Waals surface area contributed by atoms with Gasteiger partial charge >= 0.3 is 0 Å². The molecule has 3 rings (SSSR count). The van der Waals surface area contributed by atoms with Crippen molar-refractivity contribution in [2.45, 2.75) is 20.1 Å². The van der Waals surface area contributed by atoms with Crippen LogP contribution in [0.4, 0.5) is 0 Å². The van der Waals surface area contributed by atoms with Gasteiger partial charge in [-0.2, -0.15) is 5.10 Å². The molecule has 0 aliphatic carbocycles. The SMILES string of the molecule is CCn1cc(-c2cc(Br)cc(OCc3ccccc3)c2)cn1. The zero-order valence-corrected chi connectivity index (χ0v) is 14.0. The van der Waals surface area contributed by atoms with Crippen LogP contribution < -0.4 is 4.74 Å². The average Bonchev–Trinajstić information content (AvgIpc) is 3.03. The van der Waals surface area contributed by atoms with Crippen LogP contribution in [0.3, 0.4) is 0 Å². The summed E-state index contributed by atoms with van der Waals surface area (Å²) in [5.41, 5.74) is 3.34. The molecule has 1 aromatic heterocycles. The summed E-state index contributed by atoms with van der Waals surface area (Å²) in [5.74, 6) is 0.845. The highest BCUT2D eigenvalue weighted by Gasteiger charge is 2.06. The summed E-state index contributed by atoms with van der Waals surface area (Å²) in [7, 11) is 0. The van der Waals surface area contributed by atoms with Gasteiger partial charge < -0.3 is 4.74 Å². The number of aromatic nitrogens is 2. The maximum absolute atomic E-state index is 5.91. The lowest BCUT2D eigenvalue weighted by Crippen LogP contribution is -1.95. The van der Waals surface area contributed by atoms with E-state index in [1.807, 2.05) is 47.4 Å². The van der Waals surface area contributed by atoms with Crippen molar-refractivity contribution in [3.05, 3.63) is 71.0 Å². The van der Waals surface area contributed by atoms with Crippen LogP contribution in [0, 0.1) is 0 Å². The fourth-order valence-corrected chi connectivity index (χ4v) is 2.71. The maximum atomic E-state index is 5.91. The molecule has 0 amide bonds. The van der Waals surface area contributed by atoms with Crippen molar-refractivity contribution >= 4 is 15.9 Å². The molecule has 0 unspecified atom stereocenters. The molecule has 4 heteroatoms. The van der Waals surface area contributed by atoms with Crippen LogP contribution in [0.5, 0.6) is 5.75 Å². The van der Waals surface area contributed by atoms with Gasteiger partial charge in [0.25, 0.3) is 0 Å². The van der Waals surface area contributed by atoms with E-state index in [0.29, 0.717) is 6.61 Å². The number of benzene rings is 2. The maximum Gasteiger partial charge on any atom is 0.121 e. The minimum absolute atomic E-state index is 0.560. The van der Waals surface area contributed by atoms with Crippen LogP contribution in [-0.2, 0) is 13.2 Å². The molecular weight excluding hydrogens is 340 g/mol. The van der Waals surface area contributed by atoms with Gasteiger partial charge in [-0.25, -0.2) is 0 Å². The lowest BCUT2D eigenvalue weighted by molar-refractivity contribution is 0.306. The van der Waals surface area contributed by atoms with Gasteiger partial charge in [0.15, 0.2) is 0 Å². The van der Waals surface area contributed by atoms with Crippen molar-refractivity contribution in [3.8, 4) is 16.9 Å². The molecule has 0 radical (unpaired) electrons. The Bertz CT molecular complexity index is 753. The second-order valence-electron chi connectivity index (χ2n) is 5.03. The summed E-state index contributed by atoms with van der Waals surface area (Å²) in [6.07, 6.45) is 3.93. The first-order chi connectivity index (χ1) is 10.7. The lowest BCUT2D eigenvalue weighted by Gasteiger charge is -2.09. The van der Waals surface area contributed by atoms with Crippen LogP contribution in [0.25, 0.3) is 11.1 Å². The first-order valence-corrected chi connectivity index (χ1v) is 8.04. The highest BCUT2D eigenvalue weighted by Crippen LogP contribution is 2.29. The topological polar surface area (TPSA) is 27.1 Å². The predicted octanol–water partition coefficient (Wildman–Crippen LogP) is 4.91. The molecule has 0 saturated carbocycles. The third kappa shape index (κ3) is 3.57. The molecule has 0 aliphatic rings. The van der Waals surface area contributed by atoms with E-state index in [-0.39, 0.29) is 0 Å². The molecule has 1 heterocycles. The number of ether oxygens (including phenoxy) is 1. The smallest absolute Gasteiger partial charge is 0.121 e. The van der Waals surface area contributed by atoms with Crippen molar-refractivity contribution in [2.24, 2.45) is 0 Å². The molecular formula is C18H17BrN2O. The van der Waals surface area contributed by atoms with Gasteiger partial charge in [-0.15, -0.1) is 0 Å². The van der Waals surface area contributed by atoms with Gasteiger partial charge in [-0.1, -0.05) is 46.3 Å². The molecule has 112 valence electrons. The minimum atomic E-state index is 0.560. The summed E-state index contributed by atoms with van der Waals surface area (Å²) in [4.78, 5) is 0. The van der Waals surface area contributed by atoms with E-state index < -0.39 is 0 Å². The Morgan fingerprint density at radius 1 is 1.09 bits per heavy atom. The number of nitrogens with zero attached hydrogens (tertiary/aromatic N) is 2. The lowest BCUT2D eigenvalue weighted by atomic mass is 10.1. The van der Waals surface area contributed by atoms with Crippen molar-refractivity contribution in [2.75, 3.05) is 0 Å². The van der Waals surface area contributed by atoms with E-state index in [2.05, 4.69) is 46.2 Å². The van der Waals surface area contributed by atoms with Gasteiger partial charge in [-0.05, 0) is 36.2 Å². The summed E-state index contributed by atoms with van der Waals surface area (Å²) in [6, 6.07) is 16.3. The van der Waals surface area contributed by atoms with E-state index in [1.165, 1.54) is 0 Å². The third-order valence-corrected chi connectivity index (χ3v) is 3.87. The zero-order chi connectivity index (χ0) is 15.4. The molecule has 0 N–H and O–H groups in total. The number of hydrogen-bond donors (Lipinski definition) is 0. The van der Waals surface area contributed by atoms with E-state index in [1.54, 1.807) is 0 Å². The summed E-state index contributed by atoms with van der Waals surface area (Å²) < 4.78 is 8.83. The number of halogens is 1. The van der Waals surface area contributed by atoms with Crippen molar-refractivity contribution < 1.29 is 4.74 Å². The summed E-state index contributed by atoms with van der Waals surface area (Å²) in [6.45, 7) is 3.50. The molecule has 0 bridgehead atoms. The fraction of sp³-hybridized carbons (Fsp3) is 0.167.